The lowest BCUT2D eigenvalue weighted by molar-refractivity contribution is 0.102. The van der Waals surface area contributed by atoms with E-state index in [1.165, 1.54) is 27.0 Å². The van der Waals surface area contributed by atoms with Gasteiger partial charge in [-0.1, -0.05) is 6.07 Å². The first-order valence-corrected chi connectivity index (χ1v) is 10.8. The number of carbonyl (C=O) groups is 1. The Morgan fingerprint density at radius 2 is 1.84 bits per heavy atom. The van der Waals surface area contributed by atoms with E-state index in [9.17, 15) is 14.4 Å². The number of thiazole rings is 1. The molecule has 31 heavy (non-hydrogen) atoms. The quantitative estimate of drug-likeness (QED) is 0.474. The molecule has 0 radical (unpaired) electrons. The molecule has 2 aromatic carbocycles. The molecule has 0 saturated carbocycles. The molecule has 1 amide bonds. The highest BCUT2D eigenvalue weighted by Crippen LogP contribution is 2.29. The highest BCUT2D eigenvalue weighted by molar-refractivity contribution is 7.14. The zero-order valence-electron chi connectivity index (χ0n) is 17.7. The van der Waals surface area contributed by atoms with Gasteiger partial charge < -0.3 is 9.55 Å². The number of hydrogen-bond donors (Lipinski definition) is 2. The van der Waals surface area contributed by atoms with E-state index < -0.39 is 11.1 Å². The summed E-state index contributed by atoms with van der Waals surface area (Å²) in [5, 5.41) is 5.23. The van der Waals surface area contributed by atoms with Gasteiger partial charge in [-0.2, -0.15) is 0 Å². The molecular weight excluding hydrogens is 412 g/mol. The van der Waals surface area contributed by atoms with Crippen LogP contribution in [0.1, 0.15) is 34.0 Å². The highest BCUT2D eigenvalue weighted by atomic mass is 32.1. The fourth-order valence-electron chi connectivity index (χ4n) is 3.60. The Morgan fingerprint density at radius 1 is 1.10 bits per heavy atom. The van der Waals surface area contributed by atoms with Crippen LogP contribution in [0.4, 0.5) is 5.13 Å². The van der Waals surface area contributed by atoms with Crippen molar-refractivity contribution >= 4 is 33.4 Å². The second-order valence-corrected chi connectivity index (χ2v) is 8.34. The first kappa shape index (κ1) is 20.7. The van der Waals surface area contributed by atoms with Crippen LogP contribution in [0.15, 0.2) is 45.3 Å². The molecule has 8 heteroatoms. The average Bonchev–Trinajstić information content (AvgIpc) is 3.19. The fourth-order valence-corrected chi connectivity index (χ4v) is 4.30. The van der Waals surface area contributed by atoms with E-state index in [4.69, 9.17) is 0 Å². The fraction of sp³-hybridized carbons (Fsp3) is 0.217. The molecule has 0 aliphatic carbocycles. The van der Waals surface area contributed by atoms with Crippen molar-refractivity contribution in [2.75, 3.05) is 5.32 Å². The number of rotatable bonds is 4. The molecule has 4 rings (SSSR count). The first-order valence-electron chi connectivity index (χ1n) is 9.90. The lowest BCUT2D eigenvalue weighted by Crippen LogP contribution is -2.36. The molecule has 0 unspecified atom stereocenters. The summed E-state index contributed by atoms with van der Waals surface area (Å²) in [4.78, 5) is 43.8. The average molecular weight is 435 g/mol. The van der Waals surface area contributed by atoms with E-state index in [0.717, 1.165) is 16.8 Å². The second-order valence-electron chi connectivity index (χ2n) is 7.48. The molecular formula is C23H22N4O3S. The molecule has 2 N–H and O–H groups in total. The number of aryl methyl sites for hydroxylation is 4. The van der Waals surface area contributed by atoms with Crippen LogP contribution in [0.2, 0.25) is 0 Å². The minimum atomic E-state index is -0.708. The van der Waals surface area contributed by atoms with Crippen LogP contribution in [0.3, 0.4) is 0 Å². The summed E-state index contributed by atoms with van der Waals surface area (Å²) in [5.41, 5.74) is 5.47. The number of nitrogens with zero attached hydrogens (tertiary/aromatic N) is 2. The number of benzene rings is 2. The molecule has 0 saturated heterocycles. The number of fused-ring (bicyclic) bond motifs is 1. The third-order valence-corrected chi connectivity index (χ3v) is 6.15. The zero-order chi connectivity index (χ0) is 22.3. The third-order valence-electron chi connectivity index (χ3n) is 5.39. The minimum Gasteiger partial charge on any atom is -0.316 e. The van der Waals surface area contributed by atoms with Crippen LogP contribution < -0.4 is 16.4 Å². The Kier molecular flexibility index (Phi) is 5.32. The Labute approximate surface area is 182 Å². The zero-order valence-corrected chi connectivity index (χ0v) is 18.5. The topological polar surface area (TPSA) is 96.9 Å². The normalized spacial score (nSPS) is 11.1. The summed E-state index contributed by atoms with van der Waals surface area (Å²) in [5.74, 6) is -0.338. The Bertz CT molecular complexity index is 1450. The van der Waals surface area contributed by atoms with Crippen molar-refractivity contribution in [1.29, 1.82) is 0 Å². The van der Waals surface area contributed by atoms with E-state index in [2.05, 4.69) is 41.3 Å². The Hall–Kier alpha value is -3.52. The van der Waals surface area contributed by atoms with Gasteiger partial charge >= 0.3 is 11.1 Å². The molecule has 0 aliphatic rings. The molecule has 4 aromatic rings. The number of amides is 1. The van der Waals surface area contributed by atoms with E-state index in [1.54, 1.807) is 25.1 Å². The van der Waals surface area contributed by atoms with Gasteiger partial charge in [0, 0.05) is 23.1 Å². The molecule has 2 aromatic heterocycles. The van der Waals surface area contributed by atoms with Crippen molar-refractivity contribution in [2.24, 2.45) is 0 Å². The van der Waals surface area contributed by atoms with Crippen LogP contribution in [-0.2, 0) is 6.54 Å². The maximum atomic E-state index is 12.8. The number of hydrogen-bond acceptors (Lipinski definition) is 5. The summed E-state index contributed by atoms with van der Waals surface area (Å²) in [6.07, 6.45) is 0. The number of H-pyrrole nitrogens is 1. The monoisotopic (exact) mass is 434 g/mol. The molecule has 0 fully saturated rings. The maximum absolute atomic E-state index is 12.8. The predicted molar refractivity (Wildman–Crippen MR) is 124 cm³/mol. The molecule has 0 aliphatic heterocycles. The standard InChI is InChI=1S/C23H22N4O3S/c1-5-27-19-7-6-15(10-17(19)24-21(29)22(27)30)20(28)26-23-25-18(11-31-23)16-9-13(3)12(2)8-14(16)4/h6-11H,5H2,1-4H3,(H,24,29)(H,25,26,28). The summed E-state index contributed by atoms with van der Waals surface area (Å²) in [6.45, 7) is 8.35. The lowest BCUT2D eigenvalue weighted by Gasteiger charge is -2.09. The van der Waals surface area contributed by atoms with E-state index in [0.29, 0.717) is 28.3 Å². The van der Waals surface area contributed by atoms with Gasteiger partial charge in [0.25, 0.3) is 5.91 Å². The molecule has 2 heterocycles. The number of nitrogens with one attached hydrogen (secondary N) is 2. The number of carbonyl (C=O) groups excluding carboxylic acids is 1. The van der Waals surface area contributed by atoms with E-state index in [-0.39, 0.29) is 5.91 Å². The third kappa shape index (κ3) is 3.82. The summed E-state index contributed by atoms with van der Waals surface area (Å²) < 4.78 is 1.38. The smallest absolute Gasteiger partial charge is 0.316 e. The summed E-state index contributed by atoms with van der Waals surface area (Å²) in [7, 11) is 0. The number of anilines is 1. The van der Waals surface area contributed by atoms with Gasteiger partial charge in [-0.25, -0.2) is 4.98 Å². The molecule has 7 nitrogen and oxygen atoms in total. The van der Waals surface area contributed by atoms with Crippen LogP contribution >= 0.6 is 11.3 Å². The highest BCUT2D eigenvalue weighted by Gasteiger charge is 2.14. The lowest BCUT2D eigenvalue weighted by atomic mass is 9.99. The molecule has 0 atom stereocenters. The van der Waals surface area contributed by atoms with Gasteiger partial charge in [0.05, 0.1) is 16.7 Å². The van der Waals surface area contributed by atoms with E-state index in [1.807, 2.05) is 12.3 Å². The van der Waals surface area contributed by atoms with Crippen molar-refractivity contribution in [3.8, 4) is 11.3 Å². The SMILES string of the molecule is CCn1c(=O)c(=O)[nH]c2cc(C(=O)Nc3nc(-c4cc(C)c(C)cc4C)cs3)ccc21. The first-order chi connectivity index (χ1) is 14.8. The van der Waals surface area contributed by atoms with Crippen molar-refractivity contribution in [2.45, 2.75) is 34.2 Å². The predicted octanol–water partition coefficient (Wildman–Crippen LogP) is 4.01. The maximum Gasteiger partial charge on any atom is 0.316 e. The van der Waals surface area contributed by atoms with Gasteiger partial charge in [0.1, 0.15) is 0 Å². The van der Waals surface area contributed by atoms with Gasteiger partial charge in [0.15, 0.2) is 5.13 Å². The van der Waals surface area contributed by atoms with Gasteiger partial charge in [-0.15, -0.1) is 11.3 Å². The number of aromatic nitrogens is 3. The Morgan fingerprint density at radius 3 is 2.58 bits per heavy atom. The van der Waals surface area contributed by atoms with Gasteiger partial charge in [0.2, 0.25) is 0 Å². The summed E-state index contributed by atoms with van der Waals surface area (Å²) in [6, 6.07) is 9.10. The van der Waals surface area contributed by atoms with Crippen LogP contribution in [0.5, 0.6) is 0 Å². The van der Waals surface area contributed by atoms with Gasteiger partial charge in [-0.3, -0.25) is 19.7 Å². The van der Waals surface area contributed by atoms with Crippen LogP contribution in [0.25, 0.3) is 22.3 Å². The van der Waals surface area contributed by atoms with Crippen molar-refractivity contribution in [3.63, 3.8) is 0 Å². The van der Waals surface area contributed by atoms with Crippen LogP contribution in [0, 0.1) is 20.8 Å². The largest absolute Gasteiger partial charge is 0.316 e. The van der Waals surface area contributed by atoms with Crippen molar-refractivity contribution in [3.05, 3.63) is 78.7 Å². The molecule has 158 valence electrons. The van der Waals surface area contributed by atoms with Gasteiger partial charge in [-0.05, 0) is 68.7 Å². The minimum absolute atomic E-state index is 0.338. The summed E-state index contributed by atoms with van der Waals surface area (Å²) >= 11 is 1.35. The van der Waals surface area contributed by atoms with Crippen LogP contribution in [-0.4, -0.2) is 20.4 Å². The van der Waals surface area contributed by atoms with Crippen molar-refractivity contribution in [1.82, 2.24) is 14.5 Å². The Balaban J connectivity index is 1.63. The van der Waals surface area contributed by atoms with E-state index >= 15 is 0 Å². The second kappa shape index (κ2) is 7.96. The molecule has 0 spiro atoms. The van der Waals surface area contributed by atoms with Crippen molar-refractivity contribution < 1.29 is 4.79 Å². The molecule has 0 bridgehead atoms. The number of aromatic amines is 1.